The smallest absolute Gasteiger partial charge is 0.221 e. The molecule has 16 heavy (non-hydrogen) atoms. The first kappa shape index (κ1) is 11.9. The third kappa shape index (κ3) is 2.95. The van der Waals surface area contributed by atoms with Gasteiger partial charge >= 0.3 is 0 Å². The second kappa shape index (κ2) is 5.64. The molecule has 2 heterocycles. The molecular formula is C12H22N2O2. The zero-order valence-electron chi connectivity index (χ0n) is 9.82. The number of hydrogen-bond acceptors (Lipinski definition) is 3. The van der Waals surface area contributed by atoms with E-state index in [0.29, 0.717) is 25.0 Å². The van der Waals surface area contributed by atoms with Gasteiger partial charge in [0.2, 0.25) is 5.91 Å². The fourth-order valence-corrected chi connectivity index (χ4v) is 2.88. The SMILES string of the molecule is O=C1CC(N2CCC(CCO)C2)CCCN1. The van der Waals surface area contributed by atoms with E-state index in [1.165, 1.54) is 6.42 Å². The van der Waals surface area contributed by atoms with Gasteiger partial charge < -0.3 is 10.4 Å². The Labute approximate surface area is 97.0 Å². The van der Waals surface area contributed by atoms with Crippen LogP contribution >= 0.6 is 0 Å². The van der Waals surface area contributed by atoms with E-state index >= 15 is 0 Å². The van der Waals surface area contributed by atoms with E-state index < -0.39 is 0 Å². The molecule has 2 aliphatic heterocycles. The van der Waals surface area contributed by atoms with Gasteiger partial charge in [0, 0.05) is 32.2 Å². The van der Waals surface area contributed by atoms with Crippen molar-refractivity contribution in [3.63, 3.8) is 0 Å². The number of nitrogens with one attached hydrogen (secondary N) is 1. The van der Waals surface area contributed by atoms with Crippen LogP contribution in [0.15, 0.2) is 0 Å². The summed E-state index contributed by atoms with van der Waals surface area (Å²) in [7, 11) is 0. The number of rotatable bonds is 3. The van der Waals surface area contributed by atoms with Crippen LogP contribution in [0.4, 0.5) is 0 Å². The van der Waals surface area contributed by atoms with Crippen LogP contribution in [0, 0.1) is 5.92 Å². The summed E-state index contributed by atoms with van der Waals surface area (Å²) in [6.45, 7) is 3.30. The van der Waals surface area contributed by atoms with Crippen molar-refractivity contribution < 1.29 is 9.90 Å². The van der Waals surface area contributed by atoms with E-state index in [9.17, 15) is 4.79 Å². The lowest BCUT2D eigenvalue weighted by atomic mass is 10.1. The number of aliphatic hydroxyl groups is 1. The first-order valence-electron chi connectivity index (χ1n) is 6.41. The Morgan fingerprint density at radius 1 is 1.44 bits per heavy atom. The molecule has 2 N–H and O–H groups in total. The molecular weight excluding hydrogens is 204 g/mol. The second-order valence-electron chi connectivity index (χ2n) is 5.01. The van der Waals surface area contributed by atoms with Crippen LogP contribution in [0.5, 0.6) is 0 Å². The van der Waals surface area contributed by atoms with Crippen molar-refractivity contribution in [1.29, 1.82) is 0 Å². The topological polar surface area (TPSA) is 52.6 Å². The number of aliphatic hydroxyl groups excluding tert-OH is 1. The lowest BCUT2D eigenvalue weighted by molar-refractivity contribution is -0.121. The first-order valence-corrected chi connectivity index (χ1v) is 6.41. The number of carbonyl (C=O) groups excluding carboxylic acids is 1. The Morgan fingerprint density at radius 3 is 3.12 bits per heavy atom. The molecule has 0 aromatic rings. The quantitative estimate of drug-likeness (QED) is 0.730. The van der Waals surface area contributed by atoms with E-state index in [-0.39, 0.29) is 5.91 Å². The minimum absolute atomic E-state index is 0.202. The highest BCUT2D eigenvalue weighted by Gasteiger charge is 2.29. The van der Waals surface area contributed by atoms with E-state index in [1.807, 2.05) is 0 Å². The molecule has 0 saturated carbocycles. The van der Waals surface area contributed by atoms with Gasteiger partial charge in [-0.05, 0) is 38.1 Å². The van der Waals surface area contributed by atoms with Gasteiger partial charge in [-0.25, -0.2) is 0 Å². The summed E-state index contributed by atoms with van der Waals surface area (Å²) in [5, 5.41) is 11.9. The van der Waals surface area contributed by atoms with Crippen LogP contribution in [0.3, 0.4) is 0 Å². The van der Waals surface area contributed by atoms with E-state index in [0.717, 1.165) is 38.9 Å². The highest BCUT2D eigenvalue weighted by molar-refractivity contribution is 5.76. The van der Waals surface area contributed by atoms with Gasteiger partial charge in [0.1, 0.15) is 0 Å². The molecule has 2 rings (SSSR count). The van der Waals surface area contributed by atoms with E-state index in [1.54, 1.807) is 0 Å². The van der Waals surface area contributed by atoms with Gasteiger partial charge in [-0.15, -0.1) is 0 Å². The maximum absolute atomic E-state index is 11.5. The van der Waals surface area contributed by atoms with Crippen molar-refractivity contribution in [3.8, 4) is 0 Å². The largest absolute Gasteiger partial charge is 0.396 e. The summed E-state index contributed by atoms with van der Waals surface area (Å²) in [6.07, 6.45) is 4.97. The fraction of sp³-hybridized carbons (Fsp3) is 0.917. The zero-order chi connectivity index (χ0) is 11.4. The molecule has 4 heteroatoms. The molecule has 0 spiro atoms. The molecule has 0 aliphatic carbocycles. The molecule has 4 nitrogen and oxygen atoms in total. The molecule has 2 saturated heterocycles. The van der Waals surface area contributed by atoms with Crippen molar-refractivity contribution in [1.82, 2.24) is 10.2 Å². The Morgan fingerprint density at radius 2 is 2.31 bits per heavy atom. The average Bonchev–Trinajstić information content (AvgIpc) is 2.61. The number of likely N-dealkylation sites (tertiary alicyclic amines) is 1. The Kier molecular flexibility index (Phi) is 4.18. The minimum atomic E-state index is 0.202. The van der Waals surface area contributed by atoms with Crippen molar-refractivity contribution in [3.05, 3.63) is 0 Å². The van der Waals surface area contributed by atoms with Gasteiger partial charge in [-0.2, -0.15) is 0 Å². The molecule has 2 atom stereocenters. The highest BCUT2D eigenvalue weighted by Crippen LogP contribution is 2.25. The number of amides is 1. The molecule has 0 radical (unpaired) electrons. The van der Waals surface area contributed by atoms with Crippen LogP contribution in [0.2, 0.25) is 0 Å². The Balaban J connectivity index is 1.85. The minimum Gasteiger partial charge on any atom is -0.396 e. The third-order valence-electron chi connectivity index (χ3n) is 3.83. The predicted octanol–water partition coefficient (Wildman–Crippen LogP) is 0.359. The van der Waals surface area contributed by atoms with Crippen LogP contribution in [0.25, 0.3) is 0 Å². The summed E-state index contributed by atoms with van der Waals surface area (Å²) in [5.74, 6) is 0.837. The Bertz CT molecular complexity index is 245. The molecule has 2 fully saturated rings. The van der Waals surface area contributed by atoms with Crippen molar-refractivity contribution in [2.75, 3.05) is 26.2 Å². The van der Waals surface area contributed by atoms with Crippen molar-refractivity contribution in [2.45, 2.75) is 38.1 Å². The van der Waals surface area contributed by atoms with Gasteiger partial charge in [0.15, 0.2) is 0 Å². The predicted molar refractivity (Wildman–Crippen MR) is 62.0 cm³/mol. The Hall–Kier alpha value is -0.610. The van der Waals surface area contributed by atoms with E-state index in [2.05, 4.69) is 10.2 Å². The standard InChI is InChI=1S/C12H22N2O2/c15-7-4-10-3-6-14(9-10)11-2-1-5-13-12(16)8-11/h10-11,15H,1-9H2,(H,13,16). The molecule has 2 aliphatic rings. The summed E-state index contributed by atoms with van der Waals surface area (Å²) < 4.78 is 0. The van der Waals surface area contributed by atoms with Crippen LogP contribution in [-0.4, -0.2) is 48.2 Å². The highest BCUT2D eigenvalue weighted by atomic mass is 16.3. The first-order chi connectivity index (χ1) is 7.79. The normalized spacial score (nSPS) is 32.4. The third-order valence-corrected chi connectivity index (χ3v) is 3.83. The number of nitrogens with zero attached hydrogens (tertiary/aromatic N) is 1. The summed E-state index contributed by atoms with van der Waals surface area (Å²) in [5.41, 5.74) is 0. The van der Waals surface area contributed by atoms with Crippen LogP contribution in [-0.2, 0) is 4.79 Å². The maximum Gasteiger partial charge on any atom is 0.221 e. The van der Waals surface area contributed by atoms with E-state index in [4.69, 9.17) is 5.11 Å². The van der Waals surface area contributed by atoms with Crippen LogP contribution in [0.1, 0.15) is 32.1 Å². The number of carbonyl (C=O) groups is 1. The maximum atomic E-state index is 11.5. The van der Waals surface area contributed by atoms with Crippen molar-refractivity contribution in [2.24, 2.45) is 5.92 Å². The lowest BCUT2D eigenvalue weighted by Gasteiger charge is -2.25. The second-order valence-corrected chi connectivity index (χ2v) is 5.01. The summed E-state index contributed by atoms with van der Waals surface area (Å²) in [4.78, 5) is 13.9. The zero-order valence-corrected chi connectivity index (χ0v) is 9.82. The van der Waals surface area contributed by atoms with Gasteiger partial charge in [0.25, 0.3) is 0 Å². The summed E-state index contributed by atoms with van der Waals surface area (Å²) >= 11 is 0. The summed E-state index contributed by atoms with van der Waals surface area (Å²) in [6, 6.07) is 0.436. The molecule has 1 amide bonds. The van der Waals surface area contributed by atoms with Crippen LogP contribution < -0.4 is 5.32 Å². The van der Waals surface area contributed by atoms with Gasteiger partial charge in [-0.1, -0.05) is 0 Å². The molecule has 92 valence electrons. The molecule has 0 bridgehead atoms. The molecule has 0 aromatic heterocycles. The number of hydrogen-bond donors (Lipinski definition) is 2. The van der Waals surface area contributed by atoms with Crippen molar-refractivity contribution >= 4 is 5.91 Å². The average molecular weight is 226 g/mol. The van der Waals surface area contributed by atoms with Gasteiger partial charge in [0.05, 0.1) is 0 Å². The molecule has 0 aromatic carbocycles. The fourth-order valence-electron chi connectivity index (χ4n) is 2.88. The molecule has 2 unspecified atom stereocenters. The lowest BCUT2D eigenvalue weighted by Crippen LogP contribution is -2.35. The monoisotopic (exact) mass is 226 g/mol. The van der Waals surface area contributed by atoms with Gasteiger partial charge in [-0.3, -0.25) is 9.69 Å².